The monoisotopic (exact) mass is 366 g/mol. The Bertz CT molecular complexity index is 594. The van der Waals surface area contributed by atoms with Gasteiger partial charge in [-0.15, -0.1) is 0 Å². The van der Waals surface area contributed by atoms with E-state index < -0.39 is 32.4 Å². The van der Waals surface area contributed by atoms with Crippen LogP contribution in [0.1, 0.15) is 5.56 Å². The first-order chi connectivity index (χ1) is 8.43. The van der Waals surface area contributed by atoms with Crippen LogP contribution in [0.2, 0.25) is 0 Å². The van der Waals surface area contributed by atoms with Gasteiger partial charge in [-0.3, -0.25) is 0 Å². The summed E-state index contributed by atoms with van der Waals surface area (Å²) in [6.45, 7) is 1.72. The number of rotatable bonds is 1. The fourth-order valence-electron chi connectivity index (χ4n) is 1.66. The Kier molecular flexibility index (Phi) is 3.61. The Labute approximate surface area is 115 Å². The summed E-state index contributed by atoms with van der Waals surface area (Å²) in [5, 5.41) is 0. The Hall–Kier alpha value is -1.11. The topological polar surface area (TPSA) is 0 Å². The summed E-state index contributed by atoms with van der Waals surface area (Å²) in [7, 11) is 0. The Morgan fingerprint density at radius 2 is 1.44 bits per heavy atom. The van der Waals surface area contributed by atoms with Gasteiger partial charge in [-0.2, -0.15) is 0 Å². The molecule has 0 saturated heterocycles. The van der Waals surface area contributed by atoms with Crippen LogP contribution in [0.3, 0.4) is 0 Å². The quantitative estimate of drug-likeness (QED) is 0.294. The molecular formula is C13H7F4I. The maximum absolute atomic E-state index is 13.7. The molecule has 18 heavy (non-hydrogen) atoms. The summed E-state index contributed by atoms with van der Waals surface area (Å²) in [5.41, 5.74) is 0.180. The highest BCUT2D eigenvalue weighted by molar-refractivity contribution is 14.1. The minimum atomic E-state index is -1.37. The molecule has 2 aromatic rings. The first-order valence-electron chi connectivity index (χ1n) is 5.02. The molecule has 0 radical (unpaired) electrons. The SMILES string of the molecule is Cc1cccc(-c2c(F)c(F)c(I)c(F)c2F)c1. The lowest BCUT2D eigenvalue weighted by Gasteiger charge is -2.09. The first-order valence-corrected chi connectivity index (χ1v) is 6.10. The molecule has 0 atom stereocenters. The van der Waals surface area contributed by atoms with Gasteiger partial charge in [0, 0.05) is 0 Å². The normalized spacial score (nSPS) is 10.8. The van der Waals surface area contributed by atoms with Gasteiger partial charge in [0.1, 0.15) is 0 Å². The number of hydrogen-bond acceptors (Lipinski definition) is 0. The minimum absolute atomic E-state index is 0.110. The van der Waals surface area contributed by atoms with Gasteiger partial charge in [0.15, 0.2) is 23.3 Å². The molecule has 0 saturated carbocycles. The Morgan fingerprint density at radius 1 is 0.889 bits per heavy atom. The second kappa shape index (κ2) is 4.87. The van der Waals surface area contributed by atoms with Crippen LogP contribution in [-0.4, -0.2) is 0 Å². The van der Waals surface area contributed by atoms with Crippen LogP contribution < -0.4 is 0 Å². The highest BCUT2D eigenvalue weighted by Crippen LogP contribution is 2.32. The highest BCUT2D eigenvalue weighted by atomic mass is 127. The van der Waals surface area contributed by atoms with Crippen molar-refractivity contribution in [3.8, 4) is 11.1 Å². The molecule has 94 valence electrons. The molecule has 0 aliphatic rings. The van der Waals surface area contributed by atoms with Crippen molar-refractivity contribution < 1.29 is 17.6 Å². The average molecular weight is 366 g/mol. The van der Waals surface area contributed by atoms with E-state index in [4.69, 9.17) is 0 Å². The van der Waals surface area contributed by atoms with Crippen LogP contribution in [-0.2, 0) is 0 Å². The van der Waals surface area contributed by atoms with Crippen molar-refractivity contribution in [2.24, 2.45) is 0 Å². The van der Waals surface area contributed by atoms with Gasteiger partial charge < -0.3 is 0 Å². The maximum atomic E-state index is 13.7. The second-order valence-electron chi connectivity index (χ2n) is 3.81. The first kappa shape index (κ1) is 13.3. The molecule has 0 nitrogen and oxygen atoms in total. The van der Waals surface area contributed by atoms with Crippen LogP contribution in [0.15, 0.2) is 24.3 Å². The zero-order valence-electron chi connectivity index (χ0n) is 9.20. The molecule has 0 heterocycles. The van der Waals surface area contributed by atoms with Crippen molar-refractivity contribution in [1.29, 1.82) is 0 Å². The molecule has 0 unspecified atom stereocenters. The zero-order valence-corrected chi connectivity index (χ0v) is 11.4. The molecule has 0 aliphatic carbocycles. The van der Waals surface area contributed by atoms with Crippen molar-refractivity contribution in [2.45, 2.75) is 6.92 Å². The van der Waals surface area contributed by atoms with Crippen molar-refractivity contribution in [3.05, 3.63) is 56.7 Å². The van der Waals surface area contributed by atoms with E-state index in [1.54, 1.807) is 19.1 Å². The van der Waals surface area contributed by atoms with E-state index in [0.29, 0.717) is 0 Å². The van der Waals surface area contributed by atoms with Gasteiger partial charge in [0.2, 0.25) is 0 Å². The number of aryl methyl sites for hydroxylation is 1. The van der Waals surface area contributed by atoms with Crippen molar-refractivity contribution in [1.82, 2.24) is 0 Å². The second-order valence-corrected chi connectivity index (χ2v) is 4.89. The summed E-state index contributed by atoms with van der Waals surface area (Å²) < 4.78 is 53.6. The molecule has 0 aliphatic heterocycles. The van der Waals surface area contributed by atoms with Crippen LogP contribution in [0, 0.1) is 33.8 Å². The van der Waals surface area contributed by atoms with Crippen LogP contribution >= 0.6 is 22.6 Å². The lowest BCUT2D eigenvalue weighted by molar-refractivity contribution is 0.450. The lowest BCUT2D eigenvalue weighted by Crippen LogP contribution is -2.03. The van der Waals surface area contributed by atoms with Gasteiger partial charge >= 0.3 is 0 Å². The number of halogens is 5. The lowest BCUT2D eigenvalue weighted by atomic mass is 10.0. The fourth-order valence-corrected chi connectivity index (χ4v) is 2.13. The molecular weight excluding hydrogens is 359 g/mol. The van der Waals surface area contributed by atoms with E-state index in [9.17, 15) is 17.6 Å². The van der Waals surface area contributed by atoms with Gasteiger partial charge in [0.25, 0.3) is 0 Å². The zero-order chi connectivity index (χ0) is 13.4. The summed E-state index contributed by atoms with van der Waals surface area (Å²) in [5.74, 6) is -5.48. The number of benzene rings is 2. The third-order valence-electron chi connectivity index (χ3n) is 2.52. The molecule has 5 heteroatoms. The van der Waals surface area contributed by atoms with E-state index in [1.165, 1.54) is 34.7 Å². The van der Waals surface area contributed by atoms with Gasteiger partial charge in [-0.1, -0.05) is 29.8 Å². The van der Waals surface area contributed by atoms with E-state index in [2.05, 4.69) is 0 Å². The molecule has 0 amide bonds. The average Bonchev–Trinajstić information content (AvgIpc) is 2.34. The third kappa shape index (κ3) is 2.11. The van der Waals surface area contributed by atoms with Crippen LogP contribution in [0.4, 0.5) is 17.6 Å². The highest BCUT2D eigenvalue weighted by Gasteiger charge is 2.24. The van der Waals surface area contributed by atoms with Crippen molar-refractivity contribution in [2.75, 3.05) is 0 Å². The summed E-state index contributed by atoms with van der Waals surface area (Å²) in [4.78, 5) is 0. The molecule has 2 aromatic carbocycles. The standard InChI is InChI=1S/C13H7F4I/c1-6-3-2-4-7(5-6)8-9(14)11(16)13(18)12(17)10(8)15/h2-5H,1H3. The Morgan fingerprint density at radius 3 is 1.94 bits per heavy atom. The van der Waals surface area contributed by atoms with Gasteiger partial charge in [-0.25, -0.2) is 17.6 Å². The van der Waals surface area contributed by atoms with Crippen LogP contribution in [0.25, 0.3) is 11.1 Å². The van der Waals surface area contributed by atoms with Crippen molar-refractivity contribution in [3.63, 3.8) is 0 Å². The largest absolute Gasteiger partial charge is 0.203 e. The van der Waals surface area contributed by atoms with Crippen molar-refractivity contribution >= 4 is 22.6 Å². The summed E-state index contributed by atoms with van der Waals surface area (Å²) in [6.07, 6.45) is 0. The molecule has 0 aromatic heterocycles. The van der Waals surface area contributed by atoms with E-state index >= 15 is 0 Å². The van der Waals surface area contributed by atoms with Gasteiger partial charge in [0.05, 0.1) is 9.13 Å². The molecule has 0 N–H and O–H groups in total. The molecule has 2 rings (SSSR count). The Balaban J connectivity index is 2.80. The van der Waals surface area contributed by atoms with Crippen LogP contribution in [0.5, 0.6) is 0 Å². The predicted molar refractivity (Wildman–Crippen MR) is 69.2 cm³/mol. The van der Waals surface area contributed by atoms with Gasteiger partial charge in [-0.05, 0) is 35.1 Å². The minimum Gasteiger partial charge on any atom is -0.203 e. The predicted octanol–water partition coefficient (Wildman–Crippen LogP) is 4.82. The van der Waals surface area contributed by atoms with E-state index in [1.807, 2.05) is 0 Å². The smallest absolute Gasteiger partial charge is 0.175 e. The third-order valence-corrected chi connectivity index (χ3v) is 3.46. The number of hydrogen-bond donors (Lipinski definition) is 0. The molecule has 0 bridgehead atoms. The summed E-state index contributed by atoms with van der Waals surface area (Å²) in [6, 6.07) is 6.16. The summed E-state index contributed by atoms with van der Waals surface area (Å²) >= 11 is 1.23. The maximum Gasteiger partial charge on any atom is 0.175 e. The molecule has 0 spiro atoms. The van der Waals surface area contributed by atoms with E-state index in [-0.39, 0.29) is 5.56 Å². The fraction of sp³-hybridized carbons (Fsp3) is 0.0769. The molecule has 0 fully saturated rings. The van der Waals surface area contributed by atoms with E-state index in [0.717, 1.165) is 5.56 Å².